The highest BCUT2D eigenvalue weighted by molar-refractivity contribution is 7.20. The minimum Gasteiger partial charge on any atom is -0.321 e. The number of carbonyl (C=O) groups excluding carboxylic acids is 2. The van der Waals surface area contributed by atoms with Crippen LogP contribution in [0, 0.1) is 6.92 Å². The van der Waals surface area contributed by atoms with Crippen LogP contribution in [0.25, 0.3) is 10.2 Å². The Kier molecular flexibility index (Phi) is 6.04. The summed E-state index contributed by atoms with van der Waals surface area (Å²) in [6.07, 6.45) is 4.62. The van der Waals surface area contributed by atoms with Gasteiger partial charge in [-0.25, -0.2) is 4.98 Å². The lowest BCUT2D eigenvalue weighted by Crippen LogP contribution is -2.20. The summed E-state index contributed by atoms with van der Waals surface area (Å²) in [5, 5.41) is 3.32. The molecule has 0 spiro atoms. The van der Waals surface area contributed by atoms with Crippen molar-refractivity contribution in [3.63, 3.8) is 0 Å². The Hall–Kier alpha value is -2.80. The number of amides is 1. The molecule has 3 aromatic rings. The largest absolute Gasteiger partial charge is 0.321 e. The van der Waals surface area contributed by atoms with Gasteiger partial charge >= 0.3 is 0 Å². The van der Waals surface area contributed by atoms with E-state index in [1.165, 1.54) is 18.3 Å². The van der Waals surface area contributed by atoms with Gasteiger partial charge in [0.2, 0.25) is 0 Å². The SMILES string of the molecule is CCCCCn1cnc2sc(C(=O)Nc3cccc(C(C)=O)c3)c(C)c2c1=O. The maximum atomic E-state index is 12.8. The molecule has 0 aliphatic rings. The number of aromatic nitrogens is 2. The lowest BCUT2D eigenvalue weighted by molar-refractivity contribution is 0.101. The highest BCUT2D eigenvalue weighted by Crippen LogP contribution is 2.27. The molecule has 0 saturated heterocycles. The van der Waals surface area contributed by atoms with Crippen molar-refractivity contribution in [1.82, 2.24) is 9.55 Å². The Morgan fingerprint density at radius 3 is 2.75 bits per heavy atom. The van der Waals surface area contributed by atoms with E-state index in [9.17, 15) is 14.4 Å². The Morgan fingerprint density at radius 2 is 2.04 bits per heavy atom. The van der Waals surface area contributed by atoms with E-state index in [2.05, 4.69) is 17.2 Å². The van der Waals surface area contributed by atoms with Crippen molar-refractivity contribution in [3.8, 4) is 0 Å². The zero-order valence-electron chi connectivity index (χ0n) is 16.2. The van der Waals surface area contributed by atoms with Crippen molar-refractivity contribution in [2.24, 2.45) is 0 Å². The number of anilines is 1. The second-order valence-electron chi connectivity index (χ2n) is 6.78. The summed E-state index contributed by atoms with van der Waals surface area (Å²) < 4.78 is 1.62. The molecule has 1 N–H and O–H groups in total. The topological polar surface area (TPSA) is 81.1 Å². The summed E-state index contributed by atoms with van der Waals surface area (Å²) in [5.41, 5.74) is 1.61. The lowest BCUT2D eigenvalue weighted by Gasteiger charge is -2.06. The van der Waals surface area contributed by atoms with E-state index in [-0.39, 0.29) is 17.2 Å². The van der Waals surface area contributed by atoms with Crippen LogP contribution < -0.4 is 10.9 Å². The first-order chi connectivity index (χ1) is 13.4. The molecule has 2 heterocycles. The van der Waals surface area contributed by atoms with Crippen LogP contribution in [0.5, 0.6) is 0 Å². The number of nitrogens with one attached hydrogen (secondary N) is 1. The predicted octanol–water partition coefficient (Wildman–Crippen LogP) is 4.41. The third-order valence-electron chi connectivity index (χ3n) is 4.65. The Labute approximate surface area is 167 Å². The fourth-order valence-corrected chi connectivity index (χ4v) is 4.11. The summed E-state index contributed by atoms with van der Waals surface area (Å²) in [6.45, 7) is 6.00. The number of nitrogens with zero attached hydrogens (tertiary/aromatic N) is 2. The molecular formula is C21H23N3O3S. The predicted molar refractivity (Wildman–Crippen MR) is 113 cm³/mol. The first-order valence-electron chi connectivity index (χ1n) is 9.33. The highest BCUT2D eigenvalue weighted by atomic mass is 32.1. The molecule has 0 aliphatic heterocycles. The average molecular weight is 398 g/mol. The summed E-state index contributed by atoms with van der Waals surface area (Å²) in [5.74, 6) is -0.375. The first kappa shape index (κ1) is 19.9. The van der Waals surface area contributed by atoms with Gasteiger partial charge in [-0.2, -0.15) is 0 Å². The van der Waals surface area contributed by atoms with Crippen LogP contribution in [-0.4, -0.2) is 21.2 Å². The monoisotopic (exact) mass is 397 g/mol. The average Bonchev–Trinajstić information content (AvgIpc) is 3.01. The zero-order chi connectivity index (χ0) is 20.3. The van der Waals surface area contributed by atoms with Crippen LogP contribution in [0.15, 0.2) is 35.4 Å². The number of aryl methyl sites for hydroxylation is 2. The number of carbonyl (C=O) groups is 2. The summed E-state index contributed by atoms with van der Waals surface area (Å²) in [7, 11) is 0. The van der Waals surface area contributed by atoms with Crippen LogP contribution in [0.4, 0.5) is 5.69 Å². The number of hydrogen-bond donors (Lipinski definition) is 1. The zero-order valence-corrected chi connectivity index (χ0v) is 17.1. The minimum atomic E-state index is -0.307. The van der Waals surface area contributed by atoms with Crippen molar-refractivity contribution < 1.29 is 9.59 Å². The quantitative estimate of drug-likeness (QED) is 0.473. The maximum absolute atomic E-state index is 12.8. The van der Waals surface area contributed by atoms with Gasteiger partial charge in [-0.05, 0) is 38.0 Å². The van der Waals surface area contributed by atoms with Crippen molar-refractivity contribution in [3.05, 3.63) is 57.0 Å². The molecule has 1 amide bonds. The van der Waals surface area contributed by atoms with Crippen molar-refractivity contribution in [2.75, 3.05) is 5.32 Å². The maximum Gasteiger partial charge on any atom is 0.266 e. The molecule has 0 atom stereocenters. The van der Waals surface area contributed by atoms with Crippen LogP contribution in [0.3, 0.4) is 0 Å². The Morgan fingerprint density at radius 1 is 1.25 bits per heavy atom. The van der Waals surface area contributed by atoms with Gasteiger partial charge in [0, 0.05) is 17.8 Å². The molecule has 28 heavy (non-hydrogen) atoms. The van der Waals surface area contributed by atoms with Gasteiger partial charge < -0.3 is 5.32 Å². The van der Waals surface area contributed by atoms with Gasteiger partial charge in [0.25, 0.3) is 11.5 Å². The second kappa shape index (κ2) is 8.48. The van der Waals surface area contributed by atoms with Gasteiger partial charge in [-0.1, -0.05) is 31.9 Å². The number of benzene rings is 1. The molecule has 3 rings (SSSR count). The van der Waals surface area contributed by atoms with E-state index < -0.39 is 0 Å². The van der Waals surface area contributed by atoms with Gasteiger partial charge in [0.05, 0.1) is 16.6 Å². The number of Topliss-reactive ketones (excluding diaryl/α,β-unsaturated/α-hetero) is 1. The number of thiophene rings is 1. The molecule has 2 aromatic heterocycles. The van der Waals surface area contributed by atoms with E-state index >= 15 is 0 Å². The molecule has 0 unspecified atom stereocenters. The highest BCUT2D eigenvalue weighted by Gasteiger charge is 2.19. The Bertz CT molecular complexity index is 1100. The molecule has 0 fully saturated rings. The molecule has 7 heteroatoms. The molecule has 146 valence electrons. The molecule has 0 radical (unpaired) electrons. The molecule has 0 saturated carbocycles. The lowest BCUT2D eigenvalue weighted by atomic mass is 10.1. The normalized spacial score (nSPS) is 11.0. The van der Waals surface area contributed by atoms with E-state index in [4.69, 9.17) is 0 Å². The summed E-state index contributed by atoms with van der Waals surface area (Å²) in [6, 6.07) is 6.79. The number of hydrogen-bond acceptors (Lipinski definition) is 5. The van der Waals surface area contributed by atoms with Crippen LogP contribution in [-0.2, 0) is 6.54 Å². The smallest absolute Gasteiger partial charge is 0.266 e. The molecule has 0 aliphatic carbocycles. The molecule has 1 aromatic carbocycles. The molecule has 0 bridgehead atoms. The van der Waals surface area contributed by atoms with E-state index in [1.54, 1.807) is 42.1 Å². The van der Waals surface area contributed by atoms with E-state index in [0.29, 0.717) is 38.5 Å². The number of fused-ring (bicyclic) bond motifs is 1. The molecular weight excluding hydrogens is 374 g/mol. The van der Waals surface area contributed by atoms with Crippen LogP contribution >= 0.6 is 11.3 Å². The first-order valence-corrected chi connectivity index (χ1v) is 10.1. The van der Waals surface area contributed by atoms with E-state index in [1.807, 2.05) is 0 Å². The fraction of sp³-hybridized carbons (Fsp3) is 0.333. The fourth-order valence-electron chi connectivity index (χ4n) is 3.07. The third-order valence-corrected chi connectivity index (χ3v) is 5.85. The van der Waals surface area contributed by atoms with Crippen molar-refractivity contribution >= 4 is 38.9 Å². The van der Waals surface area contributed by atoms with Crippen LogP contribution in [0.1, 0.15) is 58.7 Å². The van der Waals surface area contributed by atoms with Gasteiger partial charge in [-0.15, -0.1) is 11.3 Å². The number of unbranched alkanes of at least 4 members (excludes halogenated alkanes) is 2. The Balaban J connectivity index is 1.91. The van der Waals surface area contributed by atoms with Gasteiger partial charge in [0.1, 0.15) is 4.83 Å². The molecule has 6 nitrogen and oxygen atoms in total. The van der Waals surface area contributed by atoms with Gasteiger partial charge in [-0.3, -0.25) is 19.0 Å². The third kappa shape index (κ3) is 4.04. The van der Waals surface area contributed by atoms with Gasteiger partial charge in [0.15, 0.2) is 5.78 Å². The number of ketones is 1. The minimum absolute atomic E-state index is 0.0676. The van der Waals surface area contributed by atoms with E-state index in [0.717, 1.165) is 19.3 Å². The van der Waals surface area contributed by atoms with Crippen LogP contribution in [0.2, 0.25) is 0 Å². The standard InChI is InChI=1S/C21H23N3O3S/c1-4-5-6-10-24-12-22-20-17(21(24)27)13(2)18(28-20)19(26)23-16-9-7-8-15(11-16)14(3)25/h7-9,11-12H,4-6,10H2,1-3H3,(H,23,26). The van der Waals surface area contributed by atoms with Crippen molar-refractivity contribution in [2.45, 2.75) is 46.6 Å². The second-order valence-corrected chi connectivity index (χ2v) is 7.78. The number of rotatable bonds is 7. The van der Waals surface area contributed by atoms with Crippen molar-refractivity contribution in [1.29, 1.82) is 0 Å². The summed E-state index contributed by atoms with van der Waals surface area (Å²) >= 11 is 1.21. The summed E-state index contributed by atoms with van der Waals surface area (Å²) in [4.78, 5) is 42.5.